The predicted molar refractivity (Wildman–Crippen MR) is 71.8 cm³/mol. The number of carbonyl (C=O) groups excluding carboxylic acids is 1. The fourth-order valence-corrected chi connectivity index (χ4v) is 2.22. The first kappa shape index (κ1) is 14.9. The van der Waals surface area contributed by atoms with E-state index in [1.807, 2.05) is 0 Å². The maximum Gasteiger partial charge on any atom is 0.162 e. The molecule has 0 aromatic heterocycles. The summed E-state index contributed by atoms with van der Waals surface area (Å²) in [5.41, 5.74) is 0. The quantitative estimate of drug-likeness (QED) is 0.752. The van der Waals surface area contributed by atoms with E-state index in [-0.39, 0.29) is 0 Å². The van der Waals surface area contributed by atoms with Crippen molar-refractivity contribution in [2.45, 2.75) is 25.7 Å². The van der Waals surface area contributed by atoms with Crippen LogP contribution in [-0.4, -0.2) is 36.9 Å². The minimum Gasteiger partial charge on any atom is -0.493 e. The SMILES string of the molecule is O=C1CCN(CCCCOc2ccc(F)c(F)c2)CC1. The van der Waals surface area contributed by atoms with Gasteiger partial charge in [0.05, 0.1) is 6.61 Å². The van der Waals surface area contributed by atoms with Crippen molar-refractivity contribution in [2.75, 3.05) is 26.2 Å². The molecule has 0 atom stereocenters. The Morgan fingerprint density at radius 1 is 1.10 bits per heavy atom. The number of Topliss-reactive ketones (excluding diaryl/α,β-unsaturated/α-hetero) is 1. The molecule has 0 radical (unpaired) electrons. The van der Waals surface area contributed by atoms with E-state index < -0.39 is 11.6 Å². The van der Waals surface area contributed by atoms with Crippen LogP contribution in [0.25, 0.3) is 0 Å². The van der Waals surface area contributed by atoms with Crippen molar-refractivity contribution in [3.05, 3.63) is 29.8 Å². The van der Waals surface area contributed by atoms with Gasteiger partial charge in [0.2, 0.25) is 0 Å². The monoisotopic (exact) mass is 283 g/mol. The van der Waals surface area contributed by atoms with E-state index in [0.717, 1.165) is 44.6 Å². The van der Waals surface area contributed by atoms with E-state index in [1.54, 1.807) is 0 Å². The molecule has 0 aliphatic carbocycles. The second-order valence-corrected chi connectivity index (χ2v) is 5.01. The summed E-state index contributed by atoms with van der Waals surface area (Å²) in [4.78, 5) is 13.4. The number of unbranched alkanes of at least 4 members (excludes halogenated alkanes) is 1. The molecule has 110 valence electrons. The number of ketones is 1. The van der Waals surface area contributed by atoms with Gasteiger partial charge in [0.25, 0.3) is 0 Å². The molecule has 1 heterocycles. The zero-order valence-electron chi connectivity index (χ0n) is 11.4. The molecular formula is C15H19F2NO2. The highest BCUT2D eigenvalue weighted by Crippen LogP contribution is 2.15. The molecule has 1 aliphatic rings. The molecule has 0 amide bonds. The lowest BCUT2D eigenvalue weighted by Gasteiger charge is -2.25. The van der Waals surface area contributed by atoms with Crippen LogP contribution in [0.1, 0.15) is 25.7 Å². The number of ether oxygens (including phenoxy) is 1. The second kappa shape index (κ2) is 7.33. The molecule has 0 bridgehead atoms. The third kappa shape index (κ3) is 4.56. The highest BCUT2D eigenvalue weighted by molar-refractivity contribution is 5.79. The molecule has 0 spiro atoms. The molecular weight excluding hydrogens is 264 g/mol. The first-order valence-corrected chi connectivity index (χ1v) is 6.97. The minimum absolute atomic E-state index is 0.350. The van der Waals surface area contributed by atoms with Crippen LogP contribution in [0.4, 0.5) is 8.78 Å². The number of hydrogen-bond donors (Lipinski definition) is 0. The van der Waals surface area contributed by atoms with Crippen molar-refractivity contribution in [3.63, 3.8) is 0 Å². The Balaban J connectivity index is 1.59. The van der Waals surface area contributed by atoms with E-state index >= 15 is 0 Å². The molecule has 0 N–H and O–H groups in total. The van der Waals surface area contributed by atoms with Crippen molar-refractivity contribution in [1.29, 1.82) is 0 Å². The lowest BCUT2D eigenvalue weighted by Crippen LogP contribution is -2.34. The highest BCUT2D eigenvalue weighted by atomic mass is 19.2. The maximum absolute atomic E-state index is 12.9. The van der Waals surface area contributed by atoms with Gasteiger partial charge in [-0.25, -0.2) is 8.78 Å². The Morgan fingerprint density at radius 2 is 1.85 bits per heavy atom. The summed E-state index contributed by atoms with van der Waals surface area (Å²) < 4.78 is 31.0. The average Bonchev–Trinajstić information content (AvgIpc) is 2.44. The average molecular weight is 283 g/mol. The van der Waals surface area contributed by atoms with E-state index in [0.29, 0.717) is 31.0 Å². The van der Waals surface area contributed by atoms with Crippen LogP contribution >= 0.6 is 0 Å². The van der Waals surface area contributed by atoms with Crippen LogP contribution in [0.15, 0.2) is 18.2 Å². The summed E-state index contributed by atoms with van der Waals surface area (Å²) >= 11 is 0. The molecule has 3 nitrogen and oxygen atoms in total. The van der Waals surface area contributed by atoms with Gasteiger partial charge in [-0.05, 0) is 31.5 Å². The summed E-state index contributed by atoms with van der Waals surface area (Å²) in [5.74, 6) is -1.05. The Morgan fingerprint density at radius 3 is 2.55 bits per heavy atom. The fraction of sp³-hybridized carbons (Fsp3) is 0.533. The highest BCUT2D eigenvalue weighted by Gasteiger charge is 2.15. The van der Waals surface area contributed by atoms with Crippen LogP contribution < -0.4 is 4.74 Å². The zero-order valence-corrected chi connectivity index (χ0v) is 11.4. The van der Waals surface area contributed by atoms with Gasteiger partial charge in [-0.2, -0.15) is 0 Å². The number of likely N-dealkylation sites (tertiary alicyclic amines) is 1. The topological polar surface area (TPSA) is 29.5 Å². The van der Waals surface area contributed by atoms with Gasteiger partial charge in [-0.15, -0.1) is 0 Å². The van der Waals surface area contributed by atoms with Crippen molar-refractivity contribution in [1.82, 2.24) is 4.90 Å². The number of nitrogens with zero attached hydrogens (tertiary/aromatic N) is 1. The summed E-state index contributed by atoms with van der Waals surface area (Å²) in [6.45, 7) is 3.14. The smallest absolute Gasteiger partial charge is 0.162 e. The van der Waals surface area contributed by atoms with E-state index in [4.69, 9.17) is 4.74 Å². The summed E-state index contributed by atoms with van der Waals surface area (Å²) in [7, 11) is 0. The first-order chi connectivity index (χ1) is 9.65. The second-order valence-electron chi connectivity index (χ2n) is 5.01. The number of halogens is 2. The van der Waals surface area contributed by atoms with Crippen molar-refractivity contribution in [3.8, 4) is 5.75 Å². The Labute approximate surface area is 117 Å². The Hall–Kier alpha value is -1.49. The maximum atomic E-state index is 12.9. The van der Waals surface area contributed by atoms with Crippen molar-refractivity contribution >= 4 is 5.78 Å². The standard InChI is InChI=1S/C15H19F2NO2/c16-14-4-3-13(11-15(14)17)20-10-2-1-7-18-8-5-12(19)6-9-18/h3-4,11H,1-2,5-10H2. The molecule has 0 unspecified atom stereocenters. The third-order valence-electron chi connectivity index (χ3n) is 3.44. The molecule has 1 saturated heterocycles. The van der Waals surface area contributed by atoms with E-state index in [2.05, 4.69) is 4.90 Å². The summed E-state index contributed by atoms with van der Waals surface area (Å²) in [6.07, 6.45) is 3.14. The molecule has 1 aliphatic heterocycles. The van der Waals surface area contributed by atoms with Gasteiger partial charge in [-0.1, -0.05) is 0 Å². The lowest BCUT2D eigenvalue weighted by molar-refractivity contribution is -0.121. The van der Waals surface area contributed by atoms with Gasteiger partial charge in [0, 0.05) is 32.0 Å². The third-order valence-corrected chi connectivity index (χ3v) is 3.44. The molecule has 0 saturated carbocycles. The molecule has 1 fully saturated rings. The summed E-state index contributed by atoms with van der Waals surface area (Å²) in [5, 5.41) is 0. The number of piperidine rings is 1. The van der Waals surface area contributed by atoms with Gasteiger partial charge < -0.3 is 9.64 Å². The number of carbonyl (C=O) groups is 1. The molecule has 20 heavy (non-hydrogen) atoms. The molecule has 1 aromatic carbocycles. The van der Waals surface area contributed by atoms with Crippen LogP contribution in [0.5, 0.6) is 5.75 Å². The Kier molecular flexibility index (Phi) is 5.47. The van der Waals surface area contributed by atoms with Crippen LogP contribution in [0.2, 0.25) is 0 Å². The van der Waals surface area contributed by atoms with E-state index in [1.165, 1.54) is 6.07 Å². The molecule has 1 aromatic rings. The lowest BCUT2D eigenvalue weighted by atomic mass is 10.1. The normalized spacial score (nSPS) is 16.4. The van der Waals surface area contributed by atoms with Crippen molar-refractivity contribution in [2.24, 2.45) is 0 Å². The Bertz CT molecular complexity index is 455. The van der Waals surface area contributed by atoms with Gasteiger partial charge in [0.15, 0.2) is 11.6 Å². The largest absolute Gasteiger partial charge is 0.493 e. The summed E-state index contributed by atoms with van der Waals surface area (Å²) in [6, 6.07) is 3.55. The predicted octanol–water partition coefficient (Wildman–Crippen LogP) is 2.79. The first-order valence-electron chi connectivity index (χ1n) is 6.97. The van der Waals surface area contributed by atoms with Crippen LogP contribution in [-0.2, 0) is 4.79 Å². The van der Waals surface area contributed by atoms with Gasteiger partial charge >= 0.3 is 0 Å². The minimum atomic E-state index is -0.888. The van der Waals surface area contributed by atoms with Crippen LogP contribution in [0, 0.1) is 11.6 Å². The molecule has 2 rings (SSSR count). The van der Waals surface area contributed by atoms with Crippen LogP contribution in [0.3, 0.4) is 0 Å². The number of hydrogen-bond acceptors (Lipinski definition) is 3. The zero-order chi connectivity index (χ0) is 14.4. The fourth-order valence-electron chi connectivity index (χ4n) is 2.22. The van der Waals surface area contributed by atoms with Crippen molar-refractivity contribution < 1.29 is 18.3 Å². The number of rotatable bonds is 6. The van der Waals surface area contributed by atoms with Gasteiger partial charge in [-0.3, -0.25) is 4.79 Å². The number of benzene rings is 1. The van der Waals surface area contributed by atoms with E-state index in [9.17, 15) is 13.6 Å². The molecule has 5 heteroatoms. The van der Waals surface area contributed by atoms with Gasteiger partial charge in [0.1, 0.15) is 11.5 Å².